The van der Waals surface area contributed by atoms with E-state index in [1.807, 2.05) is 0 Å². The maximum absolute atomic E-state index is 11.2. The summed E-state index contributed by atoms with van der Waals surface area (Å²) >= 11 is 0. The Bertz CT molecular complexity index is 331. The molecule has 1 aliphatic rings. The molecule has 2 N–H and O–H groups in total. The van der Waals surface area contributed by atoms with Crippen LogP contribution in [0.4, 0.5) is 0 Å². The molecule has 0 bridgehead atoms. The van der Waals surface area contributed by atoms with E-state index in [4.69, 9.17) is 5.11 Å². The second kappa shape index (κ2) is 9.56. The summed E-state index contributed by atoms with van der Waals surface area (Å²) in [6.07, 6.45) is 3.58. The normalized spacial score (nSPS) is 16.6. The van der Waals surface area contributed by atoms with Crippen molar-refractivity contribution in [3.8, 4) is 0 Å². The van der Waals surface area contributed by atoms with E-state index in [1.165, 1.54) is 0 Å². The Kier molecular flexibility index (Phi) is 11.1. The van der Waals surface area contributed by atoms with Gasteiger partial charge in [-0.25, -0.2) is 9.59 Å². The van der Waals surface area contributed by atoms with Crippen LogP contribution in [0.25, 0.3) is 0 Å². The van der Waals surface area contributed by atoms with Gasteiger partial charge in [-0.2, -0.15) is 0 Å². The van der Waals surface area contributed by atoms with Crippen molar-refractivity contribution in [2.24, 2.45) is 11.8 Å². The standard InChI is InChI=1S/C12H18O4.2Na/c1-7(2)9(11(13)14)10(12(15)16)8-5-3-4-6-8;;/h7-8H,3-6H2,1-2H3,(H,13,14)(H,15,16);;. The van der Waals surface area contributed by atoms with Gasteiger partial charge >= 0.3 is 11.9 Å². The van der Waals surface area contributed by atoms with Crippen LogP contribution in [0.3, 0.4) is 0 Å². The zero-order valence-electron chi connectivity index (χ0n) is 11.7. The van der Waals surface area contributed by atoms with Crippen molar-refractivity contribution in [3.63, 3.8) is 0 Å². The minimum absolute atomic E-state index is 0. The molecule has 0 aromatic rings. The van der Waals surface area contributed by atoms with Gasteiger partial charge in [0.25, 0.3) is 0 Å². The van der Waals surface area contributed by atoms with Gasteiger partial charge in [0.2, 0.25) is 0 Å². The van der Waals surface area contributed by atoms with E-state index in [0.29, 0.717) is 0 Å². The number of carboxylic acids is 2. The Labute approximate surface area is 152 Å². The molecule has 0 heterocycles. The average molecular weight is 272 g/mol. The average Bonchev–Trinajstić information content (AvgIpc) is 2.64. The van der Waals surface area contributed by atoms with Crippen LogP contribution < -0.4 is 0 Å². The third kappa shape index (κ3) is 5.35. The van der Waals surface area contributed by atoms with Crippen LogP contribution in [0, 0.1) is 11.8 Å². The van der Waals surface area contributed by atoms with E-state index in [2.05, 4.69) is 0 Å². The maximum Gasteiger partial charge on any atom is 0.332 e. The Hall–Kier alpha value is 0.680. The number of rotatable bonds is 4. The molecule has 1 rings (SSSR count). The largest absolute Gasteiger partial charge is 0.478 e. The molecule has 0 aromatic heterocycles. The summed E-state index contributed by atoms with van der Waals surface area (Å²) in [6.45, 7) is 3.45. The third-order valence-corrected chi connectivity index (χ3v) is 3.09. The van der Waals surface area contributed by atoms with Crippen LogP contribution in [-0.2, 0) is 9.59 Å². The molecule has 1 saturated carbocycles. The van der Waals surface area contributed by atoms with Crippen molar-refractivity contribution in [2.75, 3.05) is 0 Å². The molecule has 0 unspecified atom stereocenters. The summed E-state index contributed by atoms with van der Waals surface area (Å²) in [6, 6.07) is 0. The quantitative estimate of drug-likeness (QED) is 0.601. The molecule has 6 heteroatoms. The number of carbonyl (C=O) groups is 2. The molecule has 92 valence electrons. The molecule has 0 spiro atoms. The zero-order chi connectivity index (χ0) is 12.3. The molecule has 4 nitrogen and oxygen atoms in total. The first-order chi connectivity index (χ1) is 7.45. The number of carboxylic acid groups (broad SMARTS) is 2. The fourth-order valence-electron chi connectivity index (χ4n) is 2.40. The van der Waals surface area contributed by atoms with Gasteiger partial charge in [-0.05, 0) is 24.7 Å². The molecule has 0 saturated heterocycles. The van der Waals surface area contributed by atoms with E-state index in [9.17, 15) is 14.7 Å². The van der Waals surface area contributed by atoms with Gasteiger partial charge in [-0.15, -0.1) is 0 Å². The van der Waals surface area contributed by atoms with Crippen molar-refractivity contribution in [1.82, 2.24) is 0 Å². The molecule has 0 aliphatic heterocycles. The fraction of sp³-hybridized carbons (Fsp3) is 0.667. The van der Waals surface area contributed by atoms with Gasteiger partial charge < -0.3 is 10.2 Å². The molecule has 1 fully saturated rings. The summed E-state index contributed by atoms with van der Waals surface area (Å²) in [5, 5.41) is 18.3. The molecule has 0 amide bonds. The molecule has 1 aliphatic carbocycles. The van der Waals surface area contributed by atoms with Crippen molar-refractivity contribution in [2.45, 2.75) is 39.5 Å². The monoisotopic (exact) mass is 272 g/mol. The van der Waals surface area contributed by atoms with Crippen molar-refractivity contribution >= 4 is 71.1 Å². The summed E-state index contributed by atoms with van der Waals surface area (Å²) in [7, 11) is 0. The van der Waals surface area contributed by atoms with E-state index in [0.717, 1.165) is 25.7 Å². The van der Waals surface area contributed by atoms with Crippen LogP contribution in [0.2, 0.25) is 0 Å². The topological polar surface area (TPSA) is 74.6 Å². The SMILES string of the molecule is CC(C)C(C(=O)O)=C(C(=O)O)C1CCCC1.[Na].[Na]. The predicted octanol–water partition coefficient (Wildman–Crippen LogP) is 1.54. The first-order valence-corrected chi connectivity index (χ1v) is 5.65. The third-order valence-electron chi connectivity index (χ3n) is 3.09. The summed E-state index contributed by atoms with van der Waals surface area (Å²) < 4.78 is 0. The Morgan fingerprint density at radius 1 is 1.00 bits per heavy atom. The maximum atomic E-state index is 11.2. The van der Waals surface area contributed by atoms with Crippen LogP contribution in [0.5, 0.6) is 0 Å². The first-order valence-electron chi connectivity index (χ1n) is 5.65. The number of hydrogen-bond donors (Lipinski definition) is 2. The van der Waals surface area contributed by atoms with E-state index < -0.39 is 11.9 Å². The van der Waals surface area contributed by atoms with E-state index in [1.54, 1.807) is 13.8 Å². The summed E-state index contributed by atoms with van der Waals surface area (Å²) in [5.74, 6) is -2.51. The van der Waals surface area contributed by atoms with Crippen LogP contribution in [0.1, 0.15) is 39.5 Å². The molecular formula is C12H18Na2O4. The molecule has 2 radical (unpaired) electrons. The van der Waals surface area contributed by atoms with Crippen molar-refractivity contribution < 1.29 is 19.8 Å². The summed E-state index contributed by atoms with van der Waals surface area (Å²) in [4.78, 5) is 22.3. The minimum Gasteiger partial charge on any atom is -0.478 e. The van der Waals surface area contributed by atoms with Gasteiger partial charge in [0, 0.05) is 59.1 Å². The molecule has 0 aromatic carbocycles. The van der Waals surface area contributed by atoms with Crippen LogP contribution >= 0.6 is 0 Å². The number of hydrogen-bond acceptors (Lipinski definition) is 2. The van der Waals surface area contributed by atoms with Crippen molar-refractivity contribution in [3.05, 3.63) is 11.1 Å². The summed E-state index contributed by atoms with van der Waals surface area (Å²) in [5.41, 5.74) is 0.194. The van der Waals surface area contributed by atoms with Crippen LogP contribution in [-0.4, -0.2) is 81.3 Å². The smallest absolute Gasteiger partial charge is 0.332 e. The fourth-order valence-corrected chi connectivity index (χ4v) is 2.40. The predicted molar refractivity (Wildman–Crippen MR) is 70.6 cm³/mol. The molecule has 18 heavy (non-hydrogen) atoms. The Morgan fingerprint density at radius 3 is 1.72 bits per heavy atom. The first kappa shape index (κ1) is 21.0. The van der Waals surface area contributed by atoms with Gasteiger partial charge in [0.15, 0.2) is 0 Å². The molecule has 0 atom stereocenters. The Morgan fingerprint density at radius 2 is 1.44 bits per heavy atom. The van der Waals surface area contributed by atoms with E-state index >= 15 is 0 Å². The minimum atomic E-state index is -1.10. The second-order valence-corrected chi connectivity index (χ2v) is 4.57. The second-order valence-electron chi connectivity index (χ2n) is 4.57. The molecular weight excluding hydrogens is 254 g/mol. The van der Waals surface area contributed by atoms with Gasteiger partial charge in [-0.3, -0.25) is 0 Å². The van der Waals surface area contributed by atoms with Gasteiger partial charge in [-0.1, -0.05) is 26.7 Å². The Balaban J connectivity index is 0. The van der Waals surface area contributed by atoms with Crippen LogP contribution in [0.15, 0.2) is 11.1 Å². The zero-order valence-corrected chi connectivity index (χ0v) is 15.7. The van der Waals surface area contributed by atoms with Gasteiger partial charge in [0.05, 0.1) is 11.1 Å². The van der Waals surface area contributed by atoms with Gasteiger partial charge in [0.1, 0.15) is 0 Å². The van der Waals surface area contributed by atoms with Crippen molar-refractivity contribution in [1.29, 1.82) is 0 Å². The number of aliphatic carboxylic acids is 2. The van der Waals surface area contributed by atoms with E-state index in [-0.39, 0.29) is 82.1 Å².